The topological polar surface area (TPSA) is 43.9 Å². The van der Waals surface area contributed by atoms with E-state index >= 15 is 0 Å². The van der Waals surface area contributed by atoms with Crippen molar-refractivity contribution in [2.24, 2.45) is 5.41 Å². The van der Waals surface area contributed by atoms with Crippen molar-refractivity contribution in [2.75, 3.05) is 32.7 Å². The second-order valence-corrected chi connectivity index (χ2v) is 11.5. The van der Waals surface area contributed by atoms with Crippen LogP contribution in [0.25, 0.3) is 0 Å². The maximum absolute atomic E-state index is 14.0. The van der Waals surface area contributed by atoms with Gasteiger partial charge in [0.2, 0.25) is 11.8 Å². The molecule has 0 N–H and O–H groups in total. The van der Waals surface area contributed by atoms with Gasteiger partial charge in [0.25, 0.3) is 0 Å². The molecule has 1 saturated heterocycles. The van der Waals surface area contributed by atoms with Crippen LogP contribution >= 0.6 is 11.3 Å². The zero-order valence-electron chi connectivity index (χ0n) is 20.0. The first-order chi connectivity index (χ1) is 15.6. The third-order valence-electron chi connectivity index (χ3n) is 6.55. The highest BCUT2D eigenvalue weighted by Gasteiger charge is 2.35. The lowest BCUT2D eigenvalue weighted by Crippen LogP contribution is -2.57. The van der Waals surface area contributed by atoms with Crippen LogP contribution in [0.3, 0.4) is 0 Å². The van der Waals surface area contributed by atoms with Crippen LogP contribution in [0.1, 0.15) is 56.2 Å². The Morgan fingerprint density at radius 3 is 2.61 bits per heavy atom. The molecule has 0 bridgehead atoms. The van der Waals surface area contributed by atoms with Crippen molar-refractivity contribution in [3.63, 3.8) is 0 Å². The molecule has 0 radical (unpaired) electrons. The van der Waals surface area contributed by atoms with Crippen molar-refractivity contribution in [1.29, 1.82) is 0 Å². The zero-order valence-corrected chi connectivity index (χ0v) is 20.8. The summed E-state index contributed by atoms with van der Waals surface area (Å²) in [6.07, 6.45) is 1.41. The number of hydrogen-bond donors (Lipinski definition) is 0. The van der Waals surface area contributed by atoms with Crippen molar-refractivity contribution < 1.29 is 14.0 Å². The number of carbonyl (C=O) groups is 2. The van der Waals surface area contributed by atoms with Crippen LogP contribution in [0.5, 0.6) is 0 Å². The number of fused-ring (bicyclic) bond motifs is 1. The molecule has 178 valence electrons. The van der Waals surface area contributed by atoms with Gasteiger partial charge in [0.1, 0.15) is 5.82 Å². The average Bonchev–Trinajstić information content (AvgIpc) is 3.20. The predicted octanol–water partition coefficient (Wildman–Crippen LogP) is 4.33. The van der Waals surface area contributed by atoms with Gasteiger partial charge in [-0.15, -0.1) is 11.3 Å². The minimum Gasteiger partial charge on any atom is -0.338 e. The standard InChI is InChI=1S/C26H34FN3O2S/c1-18-16-28(11-12-30(18)23(31)15-26(2,3)4)24(32)17-29-10-8-22-21(9-13-33-22)25(29)19-6-5-7-20(27)14-19/h5-7,9,13-14,18,25H,8,10-12,15-17H2,1-4H3. The molecule has 3 heterocycles. The van der Waals surface area contributed by atoms with Crippen LogP contribution in [-0.4, -0.2) is 65.3 Å². The van der Waals surface area contributed by atoms with Gasteiger partial charge in [0, 0.05) is 43.5 Å². The van der Waals surface area contributed by atoms with E-state index in [1.165, 1.54) is 16.5 Å². The summed E-state index contributed by atoms with van der Waals surface area (Å²) in [6.45, 7) is 11.0. The lowest BCUT2D eigenvalue weighted by Gasteiger charge is -2.42. The third kappa shape index (κ3) is 5.46. The van der Waals surface area contributed by atoms with E-state index in [9.17, 15) is 14.0 Å². The maximum Gasteiger partial charge on any atom is 0.236 e. The summed E-state index contributed by atoms with van der Waals surface area (Å²) in [5, 5.41) is 2.08. The third-order valence-corrected chi connectivity index (χ3v) is 7.55. The Bertz CT molecular complexity index is 1010. The molecule has 2 aromatic rings. The SMILES string of the molecule is CC1CN(C(=O)CN2CCc3sccc3C2c2cccc(F)c2)CCN1C(=O)CC(C)(C)C. The molecule has 1 fully saturated rings. The molecule has 2 atom stereocenters. The highest BCUT2D eigenvalue weighted by molar-refractivity contribution is 7.10. The minimum atomic E-state index is -0.258. The molecule has 1 aromatic heterocycles. The smallest absolute Gasteiger partial charge is 0.236 e. The normalized spacial score (nSPS) is 21.7. The van der Waals surface area contributed by atoms with Crippen molar-refractivity contribution >= 4 is 23.2 Å². The lowest BCUT2D eigenvalue weighted by molar-refractivity contribution is -0.144. The van der Waals surface area contributed by atoms with Crippen LogP contribution in [0.2, 0.25) is 0 Å². The minimum absolute atomic E-state index is 0.00129. The van der Waals surface area contributed by atoms with E-state index in [2.05, 4.69) is 37.1 Å². The van der Waals surface area contributed by atoms with Gasteiger partial charge >= 0.3 is 0 Å². The Labute approximate surface area is 200 Å². The molecule has 0 saturated carbocycles. The summed E-state index contributed by atoms with van der Waals surface area (Å²) in [7, 11) is 0. The number of hydrogen-bond acceptors (Lipinski definition) is 4. The number of amides is 2. The van der Waals surface area contributed by atoms with Crippen LogP contribution < -0.4 is 0 Å². The molecule has 2 unspecified atom stereocenters. The van der Waals surface area contributed by atoms with Gasteiger partial charge in [-0.1, -0.05) is 32.9 Å². The second kappa shape index (κ2) is 9.55. The zero-order chi connectivity index (χ0) is 23.8. The molecular weight excluding hydrogens is 437 g/mol. The number of nitrogens with zero attached hydrogens (tertiary/aromatic N) is 3. The van der Waals surface area contributed by atoms with Crippen molar-refractivity contribution in [1.82, 2.24) is 14.7 Å². The fourth-order valence-electron chi connectivity index (χ4n) is 4.99. The Hall–Kier alpha value is -2.25. The largest absolute Gasteiger partial charge is 0.338 e. The van der Waals surface area contributed by atoms with Crippen molar-refractivity contribution in [3.8, 4) is 0 Å². The van der Waals surface area contributed by atoms with Crippen LogP contribution in [0.15, 0.2) is 35.7 Å². The summed E-state index contributed by atoms with van der Waals surface area (Å²) < 4.78 is 14.0. The fraction of sp³-hybridized carbons (Fsp3) is 0.538. The summed E-state index contributed by atoms with van der Waals surface area (Å²) in [5.74, 6) is -0.0230. The van der Waals surface area contributed by atoms with E-state index in [1.54, 1.807) is 23.5 Å². The van der Waals surface area contributed by atoms with E-state index in [0.717, 1.165) is 18.5 Å². The van der Waals surface area contributed by atoms with Gasteiger partial charge in [-0.05, 0) is 53.5 Å². The highest BCUT2D eigenvalue weighted by Crippen LogP contribution is 2.37. The Kier molecular flexibility index (Phi) is 6.91. The van der Waals surface area contributed by atoms with Crippen molar-refractivity contribution in [3.05, 3.63) is 57.5 Å². The van der Waals surface area contributed by atoms with E-state index in [4.69, 9.17) is 0 Å². The first-order valence-corrected chi connectivity index (χ1v) is 12.6. The molecular formula is C26H34FN3O2S. The van der Waals surface area contributed by atoms with E-state index < -0.39 is 0 Å². The molecule has 1 aromatic carbocycles. The second-order valence-electron chi connectivity index (χ2n) is 10.5. The van der Waals surface area contributed by atoms with Gasteiger partial charge in [-0.2, -0.15) is 0 Å². The van der Waals surface area contributed by atoms with Gasteiger partial charge in [-0.25, -0.2) is 4.39 Å². The van der Waals surface area contributed by atoms with E-state index in [1.807, 2.05) is 22.8 Å². The Morgan fingerprint density at radius 2 is 1.91 bits per heavy atom. The monoisotopic (exact) mass is 471 g/mol. The Balaban J connectivity index is 1.45. The first kappa shape index (κ1) is 23.9. The number of rotatable bonds is 4. The quantitative estimate of drug-likeness (QED) is 0.667. The van der Waals surface area contributed by atoms with Crippen molar-refractivity contribution in [2.45, 2.75) is 52.6 Å². The summed E-state index contributed by atoms with van der Waals surface area (Å²) in [5.41, 5.74) is 2.01. The van der Waals surface area contributed by atoms with Gasteiger partial charge < -0.3 is 9.80 Å². The molecule has 0 aliphatic carbocycles. The average molecular weight is 472 g/mol. The van der Waals surface area contributed by atoms with E-state index in [0.29, 0.717) is 32.6 Å². The first-order valence-electron chi connectivity index (χ1n) is 11.8. The number of carbonyl (C=O) groups excluding carboxylic acids is 2. The number of halogens is 1. The van der Waals surface area contributed by atoms with Crippen LogP contribution in [0.4, 0.5) is 4.39 Å². The number of piperazine rings is 1. The van der Waals surface area contributed by atoms with Gasteiger partial charge in [0.15, 0.2) is 0 Å². The number of thiophene rings is 1. The predicted molar refractivity (Wildman–Crippen MR) is 130 cm³/mol. The summed E-state index contributed by atoms with van der Waals surface area (Å²) in [6, 6.07) is 8.71. The summed E-state index contributed by atoms with van der Waals surface area (Å²) >= 11 is 1.73. The molecule has 4 rings (SSSR count). The van der Waals surface area contributed by atoms with E-state index in [-0.39, 0.29) is 35.1 Å². The van der Waals surface area contributed by atoms with Gasteiger partial charge in [0.05, 0.1) is 12.6 Å². The number of benzene rings is 1. The molecule has 33 heavy (non-hydrogen) atoms. The highest BCUT2D eigenvalue weighted by atomic mass is 32.1. The molecule has 2 aliphatic rings. The molecule has 2 aliphatic heterocycles. The maximum atomic E-state index is 14.0. The van der Waals surface area contributed by atoms with Gasteiger partial charge in [-0.3, -0.25) is 14.5 Å². The molecule has 0 spiro atoms. The van der Waals surface area contributed by atoms with Crippen LogP contribution in [0, 0.1) is 11.2 Å². The molecule has 5 nitrogen and oxygen atoms in total. The molecule has 2 amide bonds. The fourth-order valence-corrected chi connectivity index (χ4v) is 5.89. The summed E-state index contributed by atoms with van der Waals surface area (Å²) in [4.78, 5) is 33.3. The Morgan fingerprint density at radius 1 is 1.12 bits per heavy atom. The van der Waals surface area contributed by atoms with Crippen LogP contribution in [-0.2, 0) is 16.0 Å². The molecule has 7 heteroatoms. The lowest BCUT2D eigenvalue weighted by atomic mass is 9.91.